The molecular weight excluding hydrogens is 346 g/mol. The van der Waals surface area contributed by atoms with E-state index < -0.39 is 0 Å². The number of aliphatic imine (C=N–C) groups is 1. The van der Waals surface area contributed by atoms with Gasteiger partial charge in [-0.1, -0.05) is 19.0 Å². The van der Waals surface area contributed by atoms with Crippen molar-refractivity contribution in [3.63, 3.8) is 0 Å². The van der Waals surface area contributed by atoms with Crippen molar-refractivity contribution in [2.45, 2.75) is 78.7 Å². The van der Waals surface area contributed by atoms with Crippen LogP contribution < -0.4 is 10.6 Å². The van der Waals surface area contributed by atoms with E-state index >= 15 is 0 Å². The van der Waals surface area contributed by atoms with Gasteiger partial charge in [-0.2, -0.15) is 4.98 Å². The van der Waals surface area contributed by atoms with E-state index in [-0.39, 0.29) is 11.5 Å². The predicted molar refractivity (Wildman–Crippen MR) is 105 cm³/mol. The molecule has 0 radical (unpaired) electrons. The van der Waals surface area contributed by atoms with Crippen LogP contribution >= 0.6 is 0 Å². The first-order valence-electron chi connectivity index (χ1n) is 10.1. The molecule has 1 heterocycles. The van der Waals surface area contributed by atoms with Crippen LogP contribution in [0.25, 0.3) is 0 Å². The number of hydrogen-bond donors (Lipinski definition) is 2. The molecule has 1 aromatic rings. The van der Waals surface area contributed by atoms with Crippen LogP contribution in [0.1, 0.15) is 71.7 Å². The molecule has 0 aromatic carbocycles. The Labute approximate surface area is 162 Å². The first kappa shape index (κ1) is 21.6. The van der Waals surface area contributed by atoms with Crippen LogP contribution in [0, 0.1) is 5.41 Å². The molecule has 0 saturated heterocycles. The van der Waals surface area contributed by atoms with Crippen molar-refractivity contribution in [2.75, 3.05) is 20.3 Å². The van der Waals surface area contributed by atoms with Crippen LogP contribution in [-0.2, 0) is 16.0 Å². The normalized spacial score (nSPS) is 23.0. The van der Waals surface area contributed by atoms with E-state index in [2.05, 4.69) is 46.5 Å². The average Bonchev–Trinajstić information content (AvgIpc) is 3.14. The van der Waals surface area contributed by atoms with Gasteiger partial charge in [-0.25, -0.2) is 0 Å². The second kappa shape index (κ2) is 10.0. The Bertz CT molecular complexity index is 600. The molecule has 1 aromatic heterocycles. The highest BCUT2D eigenvalue weighted by molar-refractivity contribution is 5.80. The van der Waals surface area contributed by atoms with Gasteiger partial charge in [0.15, 0.2) is 11.8 Å². The highest BCUT2D eigenvalue weighted by Crippen LogP contribution is 2.48. The molecule has 0 amide bonds. The number of ether oxygens (including phenoxy) is 2. The summed E-state index contributed by atoms with van der Waals surface area (Å²) in [6.45, 7) is 12.2. The van der Waals surface area contributed by atoms with Crippen LogP contribution in [0.2, 0.25) is 0 Å². The van der Waals surface area contributed by atoms with E-state index in [4.69, 9.17) is 14.0 Å². The van der Waals surface area contributed by atoms with Crippen molar-refractivity contribution in [2.24, 2.45) is 10.4 Å². The van der Waals surface area contributed by atoms with Gasteiger partial charge in [0.1, 0.15) is 6.10 Å². The number of guanidine groups is 1. The molecule has 154 valence electrons. The van der Waals surface area contributed by atoms with Crippen molar-refractivity contribution < 1.29 is 14.0 Å². The van der Waals surface area contributed by atoms with Crippen LogP contribution in [0.4, 0.5) is 0 Å². The van der Waals surface area contributed by atoms with Gasteiger partial charge < -0.3 is 24.6 Å². The van der Waals surface area contributed by atoms with Gasteiger partial charge in [-0.15, -0.1) is 0 Å². The molecule has 27 heavy (non-hydrogen) atoms. The maximum Gasteiger partial charge on any atom is 0.246 e. The SMILES string of the molecule is CCOC(C)c1noc(CNC(=NC)NC2CC(OCC)C2(CC)CC)n1. The Morgan fingerprint density at radius 2 is 2.04 bits per heavy atom. The Morgan fingerprint density at radius 3 is 2.63 bits per heavy atom. The number of nitrogens with one attached hydrogen (secondary N) is 2. The Morgan fingerprint density at radius 1 is 1.30 bits per heavy atom. The molecular formula is C19H35N5O3. The second-order valence-electron chi connectivity index (χ2n) is 6.89. The van der Waals surface area contributed by atoms with Crippen LogP contribution in [0.3, 0.4) is 0 Å². The zero-order valence-corrected chi connectivity index (χ0v) is 17.5. The summed E-state index contributed by atoms with van der Waals surface area (Å²) in [6.07, 6.45) is 3.28. The van der Waals surface area contributed by atoms with Gasteiger partial charge in [0.05, 0.1) is 12.6 Å². The Kier molecular flexibility index (Phi) is 8.04. The lowest BCUT2D eigenvalue weighted by Gasteiger charge is -2.55. The Hall–Kier alpha value is -1.67. The summed E-state index contributed by atoms with van der Waals surface area (Å²) in [5.74, 6) is 1.81. The van der Waals surface area contributed by atoms with Crippen molar-refractivity contribution in [3.05, 3.63) is 11.7 Å². The highest BCUT2D eigenvalue weighted by Gasteiger charge is 2.53. The minimum atomic E-state index is -0.176. The predicted octanol–water partition coefficient (Wildman–Crippen LogP) is 2.82. The summed E-state index contributed by atoms with van der Waals surface area (Å²) in [7, 11) is 1.77. The Balaban J connectivity index is 1.91. The molecule has 2 N–H and O–H groups in total. The third-order valence-electron chi connectivity index (χ3n) is 5.68. The maximum absolute atomic E-state index is 5.95. The fraction of sp³-hybridized carbons (Fsp3) is 0.842. The molecule has 8 heteroatoms. The van der Waals surface area contributed by atoms with Crippen molar-refractivity contribution in [1.82, 2.24) is 20.8 Å². The van der Waals surface area contributed by atoms with Gasteiger partial charge in [0.2, 0.25) is 5.89 Å². The molecule has 1 saturated carbocycles. The molecule has 1 aliphatic rings. The number of hydrogen-bond acceptors (Lipinski definition) is 6. The fourth-order valence-corrected chi connectivity index (χ4v) is 3.93. The first-order valence-corrected chi connectivity index (χ1v) is 10.1. The van der Waals surface area contributed by atoms with Crippen LogP contribution in [-0.4, -0.2) is 48.5 Å². The van der Waals surface area contributed by atoms with E-state index in [1.165, 1.54) is 0 Å². The monoisotopic (exact) mass is 381 g/mol. The molecule has 0 spiro atoms. The second-order valence-corrected chi connectivity index (χ2v) is 6.89. The fourth-order valence-electron chi connectivity index (χ4n) is 3.93. The van der Waals surface area contributed by atoms with Crippen molar-refractivity contribution >= 4 is 5.96 Å². The van der Waals surface area contributed by atoms with Gasteiger partial charge in [-0.05, 0) is 40.0 Å². The van der Waals surface area contributed by atoms with Gasteiger partial charge >= 0.3 is 0 Å². The highest BCUT2D eigenvalue weighted by atomic mass is 16.5. The lowest BCUT2D eigenvalue weighted by atomic mass is 9.58. The smallest absolute Gasteiger partial charge is 0.246 e. The van der Waals surface area contributed by atoms with E-state index in [9.17, 15) is 0 Å². The quantitative estimate of drug-likeness (QED) is 0.475. The first-order chi connectivity index (χ1) is 13.0. The zero-order chi connectivity index (χ0) is 19.9. The third kappa shape index (κ3) is 4.79. The number of aromatic nitrogens is 2. The average molecular weight is 382 g/mol. The molecule has 8 nitrogen and oxygen atoms in total. The standard InChI is InChI=1S/C19H35N5O3/c1-7-19(8-2)14(11-15(19)26-10-4)22-18(20-6)21-12-16-23-17(24-27-16)13(5)25-9-3/h13-15H,7-12H2,1-6H3,(H2,20,21,22). The lowest BCUT2D eigenvalue weighted by Crippen LogP contribution is -2.65. The summed E-state index contributed by atoms with van der Waals surface area (Å²) in [5.41, 5.74) is 0.151. The van der Waals surface area contributed by atoms with Gasteiger partial charge in [0.25, 0.3) is 0 Å². The van der Waals surface area contributed by atoms with Gasteiger partial charge in [-0.3, -0.25) is 4.99 Å². The van der Waals surface area contributed by atoms with E-state index in [1.54, 1.807) is 7.05 Å². The van der Waals surface area contributed by atoms with E-state index in [0.29, 0.717) is 37.0 Å². The molecule has 0 aliphatic heterocycles. The summed E-state index contributed by atoms with van der Waals surface area (Å²) >= 11 is 0. The van der Waals surface area contributed by atoms with E-state index in [0.717, 1.165) is 31.8 Å². The summed E-state index contributed by atoms with van der Waals surface area (Å²) in [5, 5.41) is 10.8. The number of rotatable bonds is 10. The zero-order valence-electron chi connectivity index (χ0n) is 17.5. The van der Waals surface area contributed by atoms with Crippen LogP contribution in [0.5, 0.6) is 0 Å². The molecule has 1 aliphatic carbocycles. The summed E-state index contributed by atoms with van der Waals surface area (Å²) in [6, 6.07) is 0.339. The van der Waals surface area contributed by atoms with E-state index in [1.807, 2.05) is 13.8 Å². The molecule has 3 atom stereocenters. The minimum Gasteiger partial charge on any atom is -0.378 e. The summed E-state index contributed by atoms with van der Waals surface area (Å²) < 4.78 is 16.7. The largest absolute Gasteiger partial charge is 0.378 e. The van der Waals surface area contributed by atoms with Crippen molar-refractivity contribution in [3.8, 4) is 0 Å². The third-order valence-corrected chi connectivity index (χ3v) is 5.68. The topological polar surface area (TPSA) is 93.8 Å². The van der Waals surface area contributed by atoms with Crippen LogP contribution in [0.15, 0.2) is 9.52 Å². The maximum atomic E-state index is 5.95. The molecule has 0 bridgehead atoms. The van der Waals surface area contributed by atoms with Crippen molar-refractivity contribution in [1.29, 1.82) is 0 Å². The lowest BCUT2D eigenvalue weighted by molar-refractivity contribution is -0.133. The molecule has 3 unspecified atom stereocenters. The molecule has 1 fully saturated rings. The molecule has 2 rings (SSSR count). The number of nitrogens with zero attached hydrogens (tertiary/aromatic N) is 3. The summed E-state index contributed by atoms with van der Waals surface area (Å²) in [4.78, 5) is 8.72. The van der Waals surface area contributed by atoms with Gasteiger partial charge in [0, 0.05) is 31.7 Å². The minimum absolute atomic E-state index is 0.151.